The van der Waals surface area contributed by atoms with Gasteiger partial charge in [0.05, 0.1) is 11.4 Å². The molecule has 1 aliphatic rings. The van der Waals surface area contributed by atoms with Crippen molar-refractivity contribution in [3.63, 3.8) is 0 Å². The molecular formula is C20H27N5O2. The second-order valence-electron chi connectivity index (χ2n) is 6.84. The Hall–Kier alpha value is -2.83. The molecule has 0 spiro atoms. The van der Waals surface area contributed by atoms with Gasteiger partial charge in [0, 0.05) is 37.9 Å². The lowest BCUT2D eigenvalue weighted by molar-refractivity contribution is 0.0724. The Balaban J connectivity index is 1.51. The minimum absolute atomic E-state index is 0.0929. The Morgan fingerprint density at radius 1 is 1.11 bits per heavy atom. The first kappa shape index (κ1) is 18.9. The topological polar surface area (TPSA) is 79.3 Å². The Kier molecular flexibility index (Phi) is 6.11. The predicted octanol–water partition coefficient (Wildman–Crippen LogP) is 3.16. The van der Waals surface area contributed by atoms with Crippen molar-refractivity contribution in [3.05, 3.63) is 47.3 Å². The molecule has 0 bridgehead atoms. The monoisotopic (exact) mass is 369 g/mol. The van der Waals surface area contributed by atoms with Crippen LogP contribution < -0.4 is 10.6 Å². The summed E-state index contributed by atoms with van der Waals surface area (Å²) in [4.78, 5) is 26.5. The van der Waals surface area contributed by atoms with E-state index < -0.39 is 0 Å². The van der Waals surface area contributed by atoms with Gasteiger partial charge >= 0.3 is 6.03 Å². The van der Waals surface area contributed by atoms with Crippen LogP contribution in [0.1, 0.15) is 47.8 Å². The van der Waals surface area contributed by atoms with Crippen molar-refractivity contribution in [2.45, 2.75) is 46.2 Å². The summed E-state index contributed by atoms with van der Waals surface area (Å²) < 4.78 is 1.78. The molecule has 1 saturated heterocycles. The van der Waals surface area contributed by atoms with E-state index in [4.69, 9.17) is 0 Å². The van der Waals surface area contributed by atoms with Crippen LogP contribution in [-0.4, -0.2) is 39.7 Å². The highest BCUT2D eigenvalue weighted by atomic mass is 16.2. The zero-order valence-corrected chi connectivity index (χ0v) is 16.0. The van der Waals surface area contributed by atoms with Crippen molar-refractivity contribution in [1.29, 1.82) is 0 Å². The molecule has 27 heavy (non-hydrogen) atoms. The molecule has 0 radical (unpaired) electrons. The fraction of sp³-hybridized carbons (Fsp3) is 0.450. The molecule has 144 valence electrons. The summed E-state index contributed by atoms with van der Waals surface area (Å²) in [5.41, 5.74) is 3.14. The standard InChI is InChI=1S/C20H27N5O2/c1-3-25-14-18(15(2)23-25)22-20(27)21-13-16-7-9-17(10-8-16)19(26)24-11-5-4-6-12-24/h7-10,14H,3-6,11-13H2,1-2H3,(H2,21,22,27). The van der Waals surface area contributed by atoms with Gasteiger partial charge in [-0.3, -0.25) is 9.48 Å². The van der Waals surface area contributed by atoms with Crippen molar-refractivity contribution < 1.29 is 9.59 Å². The molecule has 0 aliphatic carbocycles. The van der Waals surface area contributed by atoms with Crippen molar-refractivity contribution in [2.24, 2.45) is 0 Å². The average Bonchev–Trinajstić information content (AvgIpc) is 3.06. The molecular weight excluding hydrogens is 342 g/mol. The lowest BCUT2D eigenvalue weighted by Crippen LogP contribution is -2.35. The number of nitrogens with one attached hydrogen (secondary N) is 2. The first-order valence-corrected chi connectivity index (χ1v) is 9.54. The van der Waals surface area contributed by atoms with Gasteiger partial charge in [-0.15, -0.1) is 0 Å². The van der Waals surface area contributed by atoms with Gasteiger partial charge in [0.15, 0.2) is 0 Å². The number of hydrogen-bond acceptors (Lipinski definition) is 3. The Bertz CT molecular complexity index is 791. The molecule has 2 aromatic rings. The van der Waals surface area contributed by atoms with E-state index in [0.29, 0.717) is 17.8 Å². The summed E-state index contributed by atoms with van der Waals surface area (Å²) >= 11 is 0. The second-order valence-corrected chi connectivity index (χ2v) is 6.84. The van der Waals surface area contributed by atoms with Gasteiger partial charge < -0.3 is 15.5 Å². The minimum Gasteiger partial charge on any atom is -0.339 e. The van der Waals surface area contributed by atoms with E-state index in [0.717, 1.165) is 43.7 Å². The van der Waals surface area contributed by atoms with E-state index in [1.54, 1.807) is 4.68 Å². The highest BCUT2D eigenvalue weighted by Crippen LogP contribution is 2.14. The van der Waals surface area contributed by atoms with Crippen LogP contribution in [0, 0.1) is 6.92 Å². The number of hydrogen-bond donors (Lipinski definition) is 2. The molecule has 7 nitrogen and oxygen atoms in total. The van der Waals surface area contributed by atoms with E-state index in [2.05, 4.69) is 15.7 Å². The van der Waals surface area contributed by atoms with Crippen LogP contribution in [0.5, 0.6) is 0 Å². The molecule has 3 rings (SSSR count). The summed E-state index contributed by atoms with van der Waals surface area (Å²) in [7, 11) is 0. The summed E-state index contributed by atoms with van der Waals surface area (Å²) in [6.45, 7) is 6.69. The number of piperidine rings is 1. The van der Waals surface area contributed by atoms with Gasteiger partial charge in [-0.25, -0.2) is 4.79 Å². The molecule has 3 amide bonds. The van der Waals surface area contributed by atoms with E-state index >= 15 is 0 Å². The Morgan fingerprint density at radius 3 is 2.44 bits per heavy atom. The van der Waals surface area contributed by atoms with Crippen molar-refractivity contribution in [1.82, 2.24) is 20.0 Å². The van der Waals surface area contributed by atoms with Crippen molar-refractivity contribution >= 4 is 17.6 Å². The van der Waals surface area contributed by atoms with Crippen LogP contribution in [0.4, 0.5) is 10.5 Å². The van der Waals surface area contributed by atoms with Crippen LogP contribution in [0.3, 0.4) is 0 Å². The third kappa shape index (κ3) is 4.87. The molecule has 1 aromatic heterocycles. The van der Waals surface area contributed by atoms with E-state index in [9.17, 15) is 9.59 Å². The van der Waals surface area contributed by atoms with Gasteiger partial charge in [-0.05, 0) is 50.8 Å². The van der Waals surface area contributed by atoms with E-state index in [1.165, 1.54) is 6.42 Å². The zero-order valence-electron chi connectivity index (χ0n) is 16.0. The number of rotatable bonds is 5. The van der Waals surface area contributed by atoms with Crippen LogP contribution >= 0.6 is 0 Å². The molecule has 1 fully saturated rings. The molecule has 7 heteroatoms. The molecule has 2 N–H and O–H groups in total. The molecule has 0 atom stereocenters. The SMILES string of the molecule is CCn1cc(NC(=O)NCc2ccc(C(=O)N3CCCCC3)cc2)c(C)n1. The van der Waals surface area contributed by atoms with Crippen molar-refractivity contribution in [3.8, 4) is 0 Å². The second kappa shape index (κ2) is 8.70. The number of benzene rings is 1. The third-order valence-electron chi connectivity index (χ3n) is 4.82. The Labute approximate surface area is 159 Å². The summed E-state index contributed by atoms with van der Waals surface area (Å²) in [5.74, 6) is 0.0929. The van der Waals surface area contributed by atoms with Gasteiger partial charge in [-0.2, -0.15) is 5.10 Å². The maximum atomic E-state index is 12.5. The quantitative estimate of drug-likeness (QED) is 0.850. The summed E-state index contributed by atoms with van der Waals surface area (Å²) in [6, 6.07) is 7.17. The summed E-state index contributed by atoms with van der Waals surface area (Å²) in [5, 5.41) is 9.95. The maximum Gasteiger partial charge on any atom is 0.319 e. The van der Waals surface area contributed by atoms with Gasteiger partial charge in [0.2, 0.25) is 0 Å². The number of anilines is 1. The largest absolute Gasteiger partial charge is 0.339 e. The number of aryl methyl sites for hydroxylation is 2. The van der Waals surface area contributed by atoms with Crippen LogP contribution in [-0.2, 0) is 13.1 Å². The third-order valence-corrected chi connectivity index (χ3v) is 4.82. The molecule has 0 unspecified atom stereocenters. The van der Waals surface area contributed by atoms with Crippen molar-refractivity contribution in [2.75, 3.05) is 18.4 Å². The van der Waals surface area contributed by atoms with E-state index in [-0.39, 0.29) is 11.9 Å². The molecule has 2 heterocycles. The highest BCUT2D eigenvalue weighted by molar-refractivity contribution is 5.94. The molecule has 1 aliphatic heterocycles. The fourth-order valence-electron chi connectivity index (χ4n) is 3.20. The zero-order chi connectivity index (χ0) is 19.2. The smallest absolute Gasteiger partial charge is 0.319 e. The summed E-state index contributed by atoms with van der Waals surface area (Å²) in [6.07, 6.45) is 5.18. The predicted molar refractivity (Wildman–Crippen MR) is 105 cm³/mol. The first-order chi connectivity index (χ1) is 13.1. The number of amides is 3. The lowest BCUT2D eigenvalue weighted by Gasteiger charge is -2.26. The number of urea groups is 1. The fourth-order valence-corrected chi connectivity index (χ4v) is 3.20. The van der Waals surface area contributed by atoms with Crippen LogP contribution in [0.25, 0.3) is 0 Å². The maximum absolute atomic E-state index is 12.5. The van der Waals surface area contributed by atoms with Gasteiger partial charge in [-0.1, -0.05) is 12.1 Å². The van der Waals surface area contributed by atoms with E-state index in [1.807, 2.05) is 49.2 Å². The number of nitrogens with zero attached hydrogens (tertiary/aromatic N) is 3. The highest BCUT2D eigenvalue weighted by Gasteiger charge is 2.17. The molecule has 1 aromatic carbocycles. The average molecular weight is 369 g/mol. The Morgan fingerprint density at radius 2 is 1.81 bits per heavy atom. The van der Waals surface area contributed by atoms with Crippen LogP contribution in [0.2, 0.25) is 0 Å². The normalized spacial score (nSPS) is 14.1. The number of carbonyl (C=O) groups is 2. The first-order valence-electron chi connectivity index (χ1n) is 9.54. The minimum atomic E-state index is -0.276. The molecule has 0 saturated carbocycles. The number of aromatic nitrogens is 2. The number of carbonyl (C=O) groups excluding carboxylic acids is 2. The van der Waals surface area contributed by atoms with Gasteiger partial charge in [0.25, 0.3) is 5.91 Å². The number of likely N-dealkylation sites (tertiary alicyclic amines) is 1. The lowest BCUT2D eigenvalue weighted by atomic mass is 10.1. The van der Waals surface area contributed by atoms with Crippen LogP contribution in [0.15, 0.2) is 30.5 Å². The van der Waals surface area contributed by atoms with Gasteiger partial charge in [0.1, 0.15) is 0 Å².